The zero-order chi connectivity index (χ0) is 25.7. The summed E-state index contributed by atoms with van der Waals surface area (Å²) in [6.07, 6.45) is 4.45. The molecule has 2 heterocycles. The Labute approximate surface area is 217 Å². The number of hydrogen-bond acceptors (Lipinski definition) is 4. The van der Waals surface area contributed by atoms with E-state index in [1.165, 1.54) is 40.7 Å². The van der Waals surface area contributed by atoms with Crippen molar-refractivity contribution in [3.8, 4) is 22.8 Å². The Bertz CT molecular complexity index is 1150. The van der Waals surface area contributed by atoms with E-state index in [-0.39, 0.29) is 6.10 Å². The number of nitrogens with zero attached hydrogens (tertiary/aromatic N) is 2. The van der Waals surface area contributed by atoms with E-state index in [0.29, 0.717) is 5.92 Å². The lowest BCUT2D eigenvalue weighted by Gasteiger charge is -2.34. The van der Waals surface area contributed by atoms with Gasteiger partial charge in [-0.3, -0.25) is 9.88 Å². The largest absolute Gasteiger partial charge is 0.496 e. The highest BCUT2D eigenvalue weighted by Crippen LogP contribution is 2.37. The molecule has 0 bridgehead atoms. The van der Waals surface area contributed by atoms with Gasteiger partial charge in [0.25, 0.3) is 0 Å². The highest BCUT2D eigenvalue weighted by molar-refractivity contribution is 5.70. The maximum absolute atomic E-state index is 6.44. The molecule has 0 radical (unpaired) electrons. The van der Waals surface area contributed by atoms with Crippen molar-refractivity contribution in [2.75, 3.05) is 20.2 Å². The van der Waals surface area contributed by atoms with Gasteiger partial charge in [-0.15, -0.1) is 0 Å². The second-order valence-electron chi connectivity index (χ2n) is 10.2. The molecule has 0 spiro atoms. The van der Waals surface area contributed by atoms with Crippen molar-refractivity contribution < 1.29 is 9.47 Å². The van der Waals surface area contributed by atoms with E-state index in [2.05, 4.69) is 88.0 Å². The maximum Gasteiger partial charge on any atom is 0.128 e. The number of aryl methyl sites for hydroxylation is 3. The molecule has 1 atom stereocenters. The van der Waals surface area contributed by atoms with Gasteiger partial charge in [0, 0.05) is 41.9 Å². The van der Waals surface area contributed by atoms with Crippen LogP contribution in [0.2, 0.25) is 0 Å². The minimum atomic E-state index is 0.105. The van der Waals surface area contributed by atoms with Crippen LogP contribution in [0.1, 0.15) is 74.4 Å². The standard InChI is InChI=1S/C32H42N2O2/c1-7-24-13-11-14-25(8-2)32(24)29-19-31(36-22(3)4)28(23(5)33-29)21-34-18-12-15-26(20-34)27-16-9-10-17-30(27)35-6/h9-11,13-14,16-17,19,22,26H,7-8,12,15,18,20-21H2,1-6H3. The Hall–Kier alpha value is -2.85. The van der Waals surface area contributed by atoms with E-state index in [0.717, 1.165) is 55.4 Å². The van der Waals surface area contributed by atoms with Crippen molar-refractivity contribution in [1.82, 2.24) is 9.88 Å². The Morgan fingerprint density at radius 1 is 1.00 bits per heavy atom. The number of hydrogen-bond donors (Lipinski definition) is 0. The van der Waals surface area contributed by atoms with Crippen LogP contribution in [0.3, 0.4) is 0 Å². The number of piperidine rings is 1. The van der Waals surface area contributed by atoms with Gasteiger partial charge < -0.3 is 9.47 Å². The molecule has 1 fully saturated rings. The average molecular weight is 487 g/mol. The van der Waals surface area contributed by atoms with Crippen LogP contribution < -0.4 is 9.47 Å². The smallest absolute Gasteiger partial charge is 0.128 e. The number of aromatic nitrogens is 1. The van der Waals surface area contributed by atoms with Crippen molar-refractivity contribution in [2.45, 2.75) is 78.9 Å². The number of benzene rings is 2. The summed E-state index contributed by atoms with van der Waals surface area (Å²) in [5.74, 6) is 2.44. The number of pyridine rings is 1. The third kappa shape index (κ3) is 5.75. The monoisotopic (exact) mass is 486 g/mol. The van der Waals surface area contributed by atoms with Crippen molar-refractivity contribution in [2.24, 2.45) is 0 Å². The Balaban J connectivity index is 1.67. The van der Waals surface area contributed by atoms with Crippen LogP contribution in [0.15, 0.2) is 48.5 Å². The molecule has 4 nitrogen and oxygen atoms in total. The number of likely N-dealkylation sites (tertiary alicyclic amines) is 1. The molecule has 4 rings (SSSR count). The van der Waals surface area contributed by atoms with E-state index < -0.39 is 0 Å². The topological polar surface area (TPSA) is 34.6 Å². The third-order valence-electron chi connectivity index (χ3n) is 7.37. The van der Waals surface area contributed by atoms with E-state index >= 15 is 0 Å². The molecule has 1 unspecified atom stereocenters. The van der Waals surface area contributed by atoms with Crippen LogP contribution in [0.5, 0.6) is 11.5 Å². The number of para-hydroxylation sites is 1. The Morgan fingerprint density at radius 2 is 1.72 bits per heavy atom. The highest BCUT2D eigenvalue weighted by atomic mass is 16.5. The van der Waals surface area contributed by atoms with Gasteiger partial charge in [-0.05, 0) is 75.8 Å². The first kappa shape index (κ1) is 26.2. The van der Waals surface area contributed by atoms with E-state index in [1.54, 1.807) is 7.11 Å². The lowest BCUT2D eigenvalue weighted by molar-refractivity contribution is 0.189. The highest BCUT2D eigenvalue weighted by Gasteiger charge is 2.26. The van der Waals surface area contributed by atoms with E-state index in [4.69, 9.17) is 14.5 Å². The van der Waals surface area contributed by atoms with Gasteiger partial charge >= 0.3 is 0 Å². The van der Waals surface area contributed by atoms with Gasteiger partial charge in [-0.25, -0.2) is 0 Å². The molecule has 2 aromatic carbocycles. The fourth-order valence-corrected chi connectivity index (χ4v) is 5.60. The lowest BCUT2D eigenvalue weighted by Crippen LogP contribution is -2.34. The van der Waals surface area contributed by atoms with Gasteiger partial charge in [-0.1, -0.05) is 50.2 Å². The molecular formula is C32H42N2O2. The Morgan fingerprint density at radius 3 is 2.39 bits per heavy atom. The third-order valence-corrected chi connectivity index (χ3v) is 7.37. The molecular weight excluding hydrogens is 444 g/mol. The minimum absolute atomic E-state index is 0.105. The summed E-state index contributed by atoms with van der Waals surface area (Å²) in [4.78, 5) is 7.74. The summed E-state index contributed by atoms with van der Waals surface area (Å²) >= 11 is 0. The van der Waals surface area contributed by atoms with E-state index in [1.807, 2.05) is 0 Å². The lowest BCUT2D eigenvalue weighted by atomic mass is 9.89. The normalized spacial score (nSPS) is 16.4. The molecule has 1 aromatic heterocycles. The van der Waals surface area contributed by atoms with Crippen molar-refractivity contribution >= 4 is 0 Å². The first-order valence-electron chi connectivity index (χ1n) is 13.6. The number of methoxy groups -OCH3 is 1. The summed E-state index contributed by atoms with van der Waals surface area (Å²) in [7, 11) is 1.77. The van der Waals surface area contributed by atoms with Gasteiger partial charge in [0.1, 0.15) is 11.5 Å². The molecule has 1 aliphatic heterocycles. The average Bonchev–Trinajstić information content (AvgIpc) is 2.89. The molecule has 0 N–H and O–H groups in total. The summed E-state index contributed by atoms with van der Waals surface area (Å²) in [5.41, 5.74) is 8.60. The second kappa shape index (κ2) is 11.9. The molecule has 192 valence electrons. The molecule has 3 aromatic rings. The van der Waals surface area contributed by atoms with Gasteiger partial charge in [-0.2, -0.15) is 0 Å². The number of rotatable bonds is 9. The minimum Gasteiger partial charge on any atom is -0.496 e. The number of ether oxygens (including phenoxy) is 2. The predicted molar refractivity (Wildman–Crippen MR) is 149 cm³/mol. The van der Waals surface area contributed by atoms with Crippen LogP contribution >= 0.6 is 0 Å². The van der Waals surface area contributed by atoms with Crippen molar-refractivity contribution in [3.05, 3.63) is 76.5 Å². The first-order chi connectivity index (χ1) is 17.4. The van der Waals surface area contributed by atoms with Crippen LogP contribution in [0.25, 0.3) is 11.3 Å². The maximum atomic E-state index is 6.44. The van der Waals surface area contributed by atoms with Crippen molar-refractivity contribution in [1.29, 1.82) is 0 Å². The van der Waals surface area contributed by atoms with Gasteiger partial charge in [0.05, 0.1) is 18.9 Å². The first-order valence-corrected chi connectivity index (χ1v) is 13.6. The molecule has 1 aliphatic rings. The van der Waals surface area contributed by atoms with Crippen LogP contribution in [-0.2, 0) is 19.4 Å². The molecule has 36 heavy (non-hydrogen) atoms. The summed E-state index contributed by atoms with van der Waals surface area (Å²) < 4.78 is 12.1. The fourth-order valence-electron chi connectivity index (χ4n) is 5.60. The Kier molecular flexibility index (Phi) is 8.68. The van der Waals surface area contributed by atoms with Gasteiger partial charge in [0.15, 0.2) is 0 Å². The second-order valence-corrected chi connectivity index (χ2v) is 10.2. The molecule has 0 amide bonds. The quantitative estimate of drug-likeness (QED) is 0.316. The molecule has 4 heteroatoms. The van der Waals surface area contributed by atoms with Gasteiger partial charge in [0.2, 0.25) is 0 Å². The SMILES string of the molecule is CCc1cccc(CC)c1-c1cc(OC(C)C)c(CN2CCCC(c3ccccc3OC)C2)c(C)n1. The zero-order valence-electron chi connectivity index (χ0n) is 22.9. The summed E-state index contributed by atoms with van der Waals surface area (Å²) in [5, 5.41) is 0. The molecule has 0 saturated carbocycles. The van der Waals surface area contributed by atoms with Crippen molar-refractivity contribution in [3.63, 3.8) is 0 Å². The fraction of sp³-hybridized carbons (Fsp3) is 0.469. The zero-order valence-corrected chi connectivity index (χ0v) is 22.9. The predicted octanol–water partition coefficient (Wildman–Crippen LogP) is 7.36. The molecule has 1 saturated heterocycles. The van der Waals surface area contributed by atoms with E-state index in [9.17, 15) is 0 Å². The summed E-state index contributed by atoms with van der Waals surface area (Å²) in [6, 6.07) is 17.3. The van der Waals surface area contributed by atoms with Crippen LogP contribution in [-0.4, -0.2) is 36.2 Å². The van der Waals surface area contributed by atoms with Crippen LogP contribution in [0.4, 0.5) is 0 Å². The van der Waals surface area contributed by atoms with Crippen LogP contribution in [0, 0.1) is 6.92 Å². The molecule has 0 aliphatic carbocycles. The summed E-state index contributed by atoms with van der Waals surface area (Å²) in [6.45, 7) is 13.8.